The van der Waals surface area contributed by atoms with E-state index in [0.717, 1.165) is 22.7 Å². The van der Waals surface area contributed by atoms with E-state index in [9.17, 15) is 4.79 Å². The minimum absolute atomic E-state index is 0.189. The first-order valence-corrected chi connectivity index (χ1v) is 10.7. The van der Waals surface area contributed by atoms with Crippen molar-refractivity contribution in [3.05, 3.63) is 83.0 Å². The molecular formula is C25H27N5O3. The number of pyridine rings is 1. The molecule has 8 heteroatoms. The Labute approximate surface area is 192 Å². The van der Waals surface area contributed by atoms with Crippen molar-refractivity contribution in [2.75, 3.05) is 5.32 Å². The number of ether oxygens (including phenoxy) is 1. The van der Waals surface area contributed by atoms with Crippen molar-refractivity contribution in [1.29, 1.82) is 0 Å². The lowest BCUT2D eigenvalue weighted by Crippen LogP contribution is -2.15. The Balaban J connectivity index is 1.56. The van der Waals surface area contributed by atoms with E-state index in [-0.39, 0.29) is 11.3 Å². The third kappa shape index (κ3) is 4.95. The van der Waals surface area contributed by atoms with Gasteiger partial charge in [0.15, 0.2) is 5.82 Å². The molecule has 0 spiro atoms. The number of rotatable bonds is 6. The lowest BCUT2D eigenvalue weighted by Gasteiger charge is -2.13. The number of aromatic nitrogens is 4. The molecule has 0 saturated carbocycles. The summed E-state index contributed by atoms with van der Waals surface area (Å²) in [6, 6.07) is 14.5. The number of carbonyl (C=O) groups is 1. The van der Waals surface area contributed by atoms with Crippen molar-refractivity contribution in [3.8, 4) is 11.6 Å². The molecular weight excluding hydrogens is 418 g/mol. The van der Waals surface area contributed by atoms with Crippen molar-refractivity contribution in [1.82, 2.24) is 19.9 Å². The summed E-state index contributed by atoms with van der Waals surface area (Å²) >= 11 is 0. The van der Waals surface area contributed by atoms with E-state index in [2.05, 4.69) is 36.2 Å². The zero-order valence-electron chi connectivity index (χ0n) is 19.4. The van der Waals surface area contributed by atoms with Gasteiger partial charge < -0.3 is 14.6 Å². The summed E-state index contributed by atoms with van der Waals surface area (Å²) in [5, 5.41) is 11.6. The van der Waals surface area contributed by atoms with Crippen molar-refractivity contribution in [2.24, 2.45) is 0 Å². The van der Waals surface area contributed by atoms with Crippen LogP contribution >= 0.6 is 0 Å². The number of amides is 1. The highest BCUT2D eigenvalue weighted by Gasteiger charge is 2.22. The fourth-order valence-corrected chi connectivity index (χ4v) is 3.27. The van der Waals surface area contributed by atoms with Crippen LogP contribution in [0.4, 0.5) is 5.82 Å². The smallest absolute Gasteiger partial charge is 0.256 e. The number of nitrogens with zero attached hydrogens (tertiary/aromatic N) is 4. The summed E-state index contributed by atoms with van der Waals surface area (Å²) in [6.45, 7) is 10.2. The predicted molar refractivity (Wildman–Crippen MR) is 125 cm³/mol. The molecule has 0 aliphatic carbocycles. The van der Waals surface area contributed by atoms with E-state index in [1.54, 1.807) is 29.1 Å². The largest absolute Gasteiger partial charge is 0.489 e. The summed E-state index contributed by atoms with van der Waals surface area (Å²) in [5.74, 6) is 2.20. The Morgan fingerprint density at radius 3 is 2.61 bits per heavy atom. The topological polar surface area (TPSA) is 95.1 Å². The van der Waals surface area contributed by atoms with Crippen LogP contribution in [0.25, 0.3) is 5.82 Å². The molecule has 0 atom stereocenters. The maximum atomic E-state index is 13.1. The molecule has 3 heterocycles. The molecule has 1 amide bonds. The van der Waals surface area contributed by atoms with Crippen LogP contribution in [0.1, 0.15) is 53.8 Å². The molecule has 0 saturated heterocycles. The van der Waals surface area contributed by atoms with Crippen LogP contribution in [0.5, 0.6) is 5.75 Å². The average Bonchev–Trinajstić information content (AvgIpc) is 3.36. The Morgan fingerprint density at radius 1 is 1.12 bits per heavy atom. The number of nitrogens with one attached hydrogen (secondary N) is 1. The molecule has 0 fully saturated rings. The number of benzene rings is 1. The van der Waals surface area contributed by atoms with E-state index < -0.39 is 0 Å². The zero-order valence-corrected chi connectivity index (χ0v) is 19.4. The fraction of sp³-hybridized carbons (Fsp3) is 0.280. The zero-order chi connectivity index (χ0) is 23.6. The van der Waals surface area contributed by atoms with Crippen LogP contribution in [0, 0.1) is 13.8 Å². The van der Waals surface area contributed by atoms with Gasteiger partial charge in [0.2, 0.25) is 0 Å². The molecule has 1 N–H and O–H groups in total. The van der Waals surface area contributed by atoms with Gasteiger partial charge in [-0.3, -0.25) is 4.79 Å². The number of carbonyl (C=O) groups excluding carboxylic acids is 1. The molecule has 170 valence electrons. The highest BCUT2D eigenvalue weighted by atomic mass is 16.5. The summed E-state index contributed by atoms with van der Waals surface area (Å²) < 4.78 is 12.7. The van der Waals surface area contributed by atoms with Gasteiger partial charge in [-0.2, -0.15) is 9.78 Å². The second-order valence-corrected chi connectivity index (χ2v) is 8.84. The van der Waals surface area contributed by atoms with E-state index >= 15 is 0 Å². The number of aryl methyl sites for hydroxylation is 2. The third-order valence-corrected chi connectivity index (χ3v) is 5.25. The summed E-state index contributed by atoms with van der Waals surface area (Å²) in [6.07, 6.45) is 1.69. The second kappa shape index (κ2) is 8.90. The normalized spacial score (nSPS) is 11.4. The molecule has 8 nitrogen and oxygen atoms in total. The molecule has 0 aliphatic heterocycles. The minimum atomic E-state index is -0.268. The van der Waals surface area contributed by atoms with Gasteiger partial charge in [-0.1, -0.05) is 38.1 Å². The molecule has 0 unspecified atom stereocenters. The first-order valence-electron chi connectivity index (χ1n) is 10.7. The van der Waals surface area contributed by atoms with Gasteiger partial charge >= 0.3 is 0 Å². The Bertz CT molecular complexity index is 1250. The maximum Gasteiger partial charge on any atom is 0.256 e. The number of anilines is 1. The fourth-order valence-electron chi connectivity index (χ4n) is 3.27. The first kappa shape index (κ1) is 22.3. The van der Waals surface area contributed by atoms with E-state index in [1.165, 1.54) is 0 Å². The molecule has 1 aromatic carbocycles. The molecule has 33 heavy (non-hydrogen) atoms. The van der Waals surface area contributed by atoms with Gasteiger partial charge in [-0.15, -0.1) is 0 Å². The second-order valence-electron chi connectivity index (χ2n) is 8.84. The highest BCUT2D eigenvalue weighted by Crippen LogP contribution is 2.26. The molecule has 4 rings (SSSR count). The molecule has 0 bridgehead atoms. The number of hydrogen-bond donors (Lipinski definition) is 1. The van der Waals surface area contributed by atoms with Crippen LogP contribution in [-0.4, -0.2) is 25.8 Å². The quantitative estimate of drug-likeness (QED) is 0.449. The van der Waals surface area contributed by atoms with E-state index in [4.69, 9.17) is 14.4 Å². The van der Waals surface area contributed by atoms with Crippen molar-refractivity contribution < 1.29 is 14.1 Å². The van der Waals surface area contributed by atoms with Crippen LogP contribution in [0.15, 0.2) is 59.3 Å². The maximum absolute atomic E-state index is 13.1. The van der Waals surface area contributed by atoms with Gasteiger partial charge in [-0.05, 0) is 44.2 Å². The van der Waals surface area contributed by atoms with Gasteiger partial charge in [-0.25, -0.2) is 4.98 Å². The Morgan fingerprint density at radius 2 is 1.94 bits per heavy atom. The lowest BCUT2D eigenvalue weighted by molar-refractivity contribution is 0.102. The van der Waals surface area contributed by atoms with Crippen molar-refractivity contribution in [2.45, 2.75) is 46.6 Å². The summed E-state index contributed by atoms with van der Waals surface area (Å²) in [7, 11) is 0. The van der Waals surface area contributed by atoms with Crippen molar-refractivity contribution >= 4 is 11.7 Å². The lowest BCUT2D eigenvalue weighted by atomic mass is 9.92. The van der Waals surface area contributed by atoms with Crippen molar-refractivity contribution in [3.63, 3.8) is 0 Å². The molecule has 0 aliphatic rings. The first-order chi connectivity index (χ1) is 15.7. The van der Waals surface area contributed by atoms with E-state index in [0.29, 0.717) is 29.6 Å². The molecule has 4 aromatic rings. The summed E-state index contributed by atoms with van der Waals surface area (Å²) in [5.41, 5.74) is 2.82. The third-order valence-electron chi connectivity index (χ3n) is 5.25. The number of hydrogen-bond acceptors (Lipinski definition) is 6. The van der Waals surface area contributed by atoms with Gasteiger partial charge in [0.25, 0.3) is 5.91 Å². The van der Waals surface area contributed by atoms with Crippen LogP contribution in [0.3, 0.4) is 0 Å². The molecule has 3 aromatic heterocycles. The average molecular weight is 446 g/mol. The van der Waals surface area contributed by atoms with Gasteiger partial charge in [0.1, 0.15) is 23.9 Å². The van der Waals surface area contributed by atoms with E-state index in [1.807, 2.05) is 44.2 Å². The van der Waals surface area contributed by atoms with Crippen LogP contribution < -0.4 is 10.1 Å². The Hall–Kier alpha value is -3.94. The predicted octanol–water partition coefficient (Wildman–Crippen LogP) is 5.00. The minimum Gasteiger partial charge on any atom is -0.489 e. The highest BCUT2D eigenvalue weighted by molar-refractivity contribution is 6.04. The monoisotopic (exact) mass is 445 g/mol. The Kier molecular flexibility index (Phi) is 6.00. The van der Waals surface area contributed by atoms with Crippen LogP contribution in [-0.2, 0) is 12.0 Å². The summed E-state index contributed by atoms with van der Waals surface area (Å²) in [4.78, 5) is 17.5. The molecule has 0 radical (unpaired) electrons. The van der Waals surface area contributed by atoms with Gasteiger partial charge in [0.05, 0.1) is 17.0 Å². The van der Waals surface area contributed by atoms with Gasteiger partial charge in [0, 0.05) is 23.2 Å². The van der Waals surface area contributed by atoms with Crippen LogP contribution in [0.2, 0.25) is 0 Å². The standard InChI is InChI=1S/C25H27N5O3/c1-16-20(17(2)33-29-16)15-32-19-10-8-9-18(13-19)24(31)27-23-14-21(25(3,4)5)28-30(23)22-11-6-7-12-26-22/h6-14H,15H2,1-5H3,(H,27,31). The SMILES string of the molecule is Cc1noc(C)c1COc1cccc(C(=O)Nc2cc(C(C)(C)C)nn2-c2ccccn2)c1.